The molecule has 0 saturated carbocycles. The van der Waals surface area contributed by atoms with Crippen LogP contribution in [0.1, 0.15) is 13.8 Å². The zero-order chi connectivity index (χ0) is 13.0. The number of amides is 1. The van der Waals surface area contributed by atoms with Crippen LogP contribution in [0.5, 0.6) is 5.75 Å². The van der Waals surface area contributed by atoms with Gasteiger partial charge in [0, 0.05) is 6.07 Å². The molecule has 0 spiro atoms. The molecule has 102 valence electrons. The molecule has 6 heteroatoms. The van der Waals surface area contributed by atoms with E-state index in [1.165, 1.54) is 25.3 Å². The third-order valence-electron chi connectivity index (χ3n) is 2.45. The Bertz CT molecular complexity index is 413. The summed E-state index contributed by atoms with van der Waals surface area (Å²) in [7, 11) is 1.47. The van der Waals surface area contributed by atoms with E-state index >= 15 is 0 Å². The molecule has 0 aliphatic heterocycles. The maximum atomic E-state index is 13.4. The molecule has 1 unspecified atom stereocenters. The number of ether oxygens (including phenoxy) is 1. The zero-order valence-electron chi connectivity index (χ0n) is 10.6. The lowest BCUT2D eigenvalue weighted by atomic mass is 10.0. The second kappa shape index (κ2) is 7.18. The lowest BCUT2D eigenvalue weighted by Crippen LogP contribution is -2.39. The van der Waals surface area contributed by atoms with Gasteiger partial charge in [0.1, 0.15) is 11.6 Å². The quantitative estimate of drug-likeness (QED) is 0.886. The minimum absolute atomic E-state index is 0. The standard InChI is InChI=1S/C12H17FN2O2.ClH/c1-7(2)11(14)12(16)15-10-6-8(17-3)4-5-9(10)13;/h4-7,11H,14H2,1-3H3,(H,15,16);1H. The van der Waals surface area contributed by atoms with Gasteiger partial charge in [0.05, 0.1) is 18.8 Å². The number of rotatable bonds is 4. The number of carbonyl (C=O) groups is 1. The summed E-state index contributed by atoms with van der Waals surface area (Å²) in [6.45, 7) is 3.65. The van der Waals surface area contributed by atoms with E-state index in [0.29, 0.717) is 5.75 Å². The highest BCUT2D eigenvalue weighted by Crippen LogP contribution is 2.21. The summed E-state index contributed by atoms with van der Waals surface area (Å²) < 4.78 is 18.4. The largest absolute Gasteiger partial charge is 0.497 e. The lowest BCUT2D eigenvalue weighted by Gasteiger charge is -2.16. The van der Waals surface area contributed by atoms with E-state index in [2.05, 4.69) is 5.32 Å². The molecule has 0 aliphatic carbocycles. The molecule has 3 N–H and O–H groups in total. The first-order valence-corrected chi connectivity index (χ1v) is 5.35. The van der Waals surface area contributed by atoms with Gasteiger partial charge < -0.3 is 15.8 Å². The highest BCUT2D eigenvalue weighted by Gasteiger charge is 2.18. The van der Waals surface area contributed by atoms with Crippen molar-refractivity contribution >= 4 is 24.0 Å². The second-order valence-corrected chi connectivity index (χ2v) is 4.10. The van der Waals surface area contributed by atoms with E-state index in [1.54, 1.807) is 0 Å². The summed E-state index contributed by atoms with van der Waals surface area (Å²) in [4.78, 5) is 11.7. The number of nitrogens with two attached hydrogens (primary N) is 1. The first kappa shape index (κ1) is 16.7. The fraction of sp³-hybridized carbons (Fsp3) is 0.417. The van der Waals surface area contributed by atoms with E-state index in [1.807, 2.05) is 13.8 Å². The van der Waals surface area contributed by atoms with Crippen LogP contribution in [-0.4, -0.2) is 19.1 Å². The van der Waals surface area contributed by atoms with E-state index in [0.717, 1.165) is 0 Å². The minimum atomic E-state index is -0.666. The summed E-state index contributed by atoms with van der Waals surface area (Å²) in [5.74, 6) is -0.467. The fourth-order valence-electron chi connectivity index (χ4n) is 1.25. The normalized spacial score (nSPS) is 11.7. The Kier molecular flexibility index (Phi) is 6.65. The van der Waals surface area contributed by atoms with Crippen molar-refractivity contribution in [2.75, 3.05) is 12.4 Å². The molecule has 1 aromatic carbocycles. The maximum Gasteiger partial charge on any atom is 0.241 e. The number of nitrogens with one attached hydrogen (secondary N) is 1. The summed E-state index contributed by atoms with van der Waals surface area (Å²) in [5, 5.41) is 2.45. The molecule has 4 nitrogen and oxygen atoms in total. The van der Waals surface area contributed by atoms with Crippen molar-refractivity contribution in [1.29, 1.82) is 0 Å². The first-order chi connectivity index (χ1) is 7.95. The van der Waals surface area contributed by atoms with Gasteiger partial charge in [-0.05, 0) is 18.1 Å². The monoisotopic (exact) mass is 276 g/mol. The fourth-order valence-corrected chi connectivity index (χ4v) is 1.25. The van der Waals surface area contributed by atoms with Crippen molar-refractivity contribution in [3.05, 3.63) is 24.0 Å². The predicted molar refractivity (Wildman–Crippen MR) is 71.6 cm³/mol. The SMILES string of the molecule is COc1ccc(F)c(NC(=O)C(N)C(C)C)c1.Cl. The van der Waals surface area contributed by atoms with Crippen LogP contribution in [-0.2, 0) is 4.79 Å². The number of hydrogen-bond acceptors (Lipinski definition) is 3. The number of carbonyl (C=O) groups excluding carboxylic acids is 1. The van der Waals surface area contributed by atoms with Gasteiger partial charge in [-0.1, -0.05) is 13.8 Å². The van der Waals surface area contributed by atoms with Crippen molar-refractivity contribution in [3.63, 3.8) is 0 Å². The lowest BCUT2D eigenvalue weighted by molar-refractivity contribution is -0.118. The molecule has 1 rings (SSSR count). The molecule has 0 bridgehead atoms. The first-order valence-electron chi connectivity index (χ1n) is 5.35. The van der Waals surface area contributed by atoms with Gasteiger partial charge >= 0.3 is 0 Å². The van der Waals surface area contributed by atoms with Crippen LogP contribution in [0, 0.1) is 11.7 Å². The Morgan fingerprint density at radius 2 is 2.06 bits per heavy atom. The molecule has 0 heterocycles. The highest BCUT2D eigenvalue weighted by atomic mass is 35.5. The Morgan fingerprint density at radius 3 is 2.56 bits per heavy atom. The van der Waals surface area contributed by atoms with Crippen molar-refractivity contribution in [1.82, 2.24) is 0 Å². The Hall–Kier alpha value is -1.33. The summed E-state index contributed by atoms with van der Waals surface area (Å²) in [6.07, 6.45) is 0. The third kappa shape index (κ3) is 4.16. The molecule has 0 aromatic heterocycles. The van der Waals surface area contributed by atoms with Crippen LogP contribution in [0.25, 0.3) is 0 Å². The smallest absolute Gasteiger partial charge is 0.241 e. The molecule has 1 atom stereocenters. The predicted octanol–water partition coefficient (Wildman–Crippen LogP) is 2.18. The Morgan fingerprint density at radius 1 is 1.44 bits per heavy atom. The van der Waals surface area contributed by atoms with Crippen molar-refractivity contribution in [2.45, 2.75) is 19.9 Å². The Balaban J connectivity index is 0.00000289. The van der Waals surface area contributed by atoms with E-state index in [4.69, 9.17) is 10.5 Å². The van der Waals surface area contributed by atoms with Crippen LogP contribution in [0.15, 0.2) is 18.2 Å². The molecule has 1 amide bonds. The third-order valence-corrected chi connectivity index (χ3v) is 2.45. The van der Waals surface area contributed by atoms with E-state index in [9.17, 15) is 9.18 Å². The molecule has 18 heavy (non-hydrogen) atoms. The average Bonchev–Trinajstić information content (AvgIpc) is 2.30. The molecule has 1 aromatic rings. The molecule has 0 saturated heterocycles. The summed E-state index contributed by atoms with van der Waals surface area (Å²) >= 11 is 0. The molecular formula is C12H18ClFN2O2. The van der Waals surface area contributed by atoms with Gasteiger partial charge in [-0.2, -0.15) is 0 Å². The molecular weight excluding hydrogens is 259 g/mol. The van der Waals surface area contributed by atoms with E-state index < -0.39 is 17.8 Å². The molecule has 0 aliphatic rings. The van der Waals surface area contributed by atoms with Gasteiger partial charge in [-0.3, -0.25) is 4.79 Å². The van der Waals surface area contributed by atoms with Crippen molar-refractivity contribution < 1.29 is 13.9 Å². The van der Waals surface area contributed by atoms with Gasteiger partial charge in [0.2, 0.25) is 5.91 Å². The minimum Gasteiger partial charge on any atom is -0.497 e. The number of hydrogen-bond donors (Lipinski definition) is 2. The van der Waals surface area contributed by atoms with Gasteiger partial charge in [0.15, 0.2) is 0 Å². The van der Waals surface area contributed by atoms with Crippen molar-refractivity contribution in [2.24, 2.45) is 11.7 Å². The Labute approximate surface area is 112 Å². The van der Waals surface area contributed by atoms with Crippen LogP contribution in [0.3, 0.4) is 0 Å². The van der Waals surface area contributed by atoms with Crippen molar-refractivity contribution in [3.8, 4) is 5.75 Å². The number of methoxy groups -OCH3 is 1. The van der Waals surface area contributed by atoms with Gasteiger partial charge in [-0.15, -0.1) is 12.4 Å². The highest BCUT2D eigenvalue weighted by molar-refractivity contribution is 5.95. The number of halogens is 2. The zero-order valence-corrected chi connectivity index (χ0v) is 11.4. The number of benzene rings is 1. The van der Waals surface area contributed by atoms with Crippen LogP contribution < -0.4 is 15.8 Å². The van der Waals surface area contributed by atoms with Gasteiger partial charge in [-0.25, -0.2) is 4.39 Å². The molecule has 0 fully saturated rings. The number of anilines is 1. The van der Waals surface area contributed by atoms with Crippen LogP contribution in [0.2, 0.25) is 0 Å². The maximum absolute atomic E-state index is 13.4. The topological polar surface area (TPSA) is 64.3 Å². The molecule has 0 radical (unpaired) electrons. The van der Waals surface area contributed by atoms with E-state index in [-0.39, 0.29) is 24.0 Å². The average molecular weight is 277 g/mol. The van der Waals surface area contributed by atoms with Crippen LogP contribution in [0.4, 0.5) is 10.1 Å². The summed E-state index contributed by atoms with van der Waals surface area (Å²) in [5.41, 5.74) is 5.74. The van der Waals surface area contributed by atoms with Crippen LogP contribution >= 0.6 is 12.4 Å². The van der Waals surface area contributed by atoms with Gasteiger partial charge in [0.25, 0.3) is 0 Å². The summed E-state index contributed by atoms with van der Waals surface area (Å²) in [6, 6.07) is 3.46. The second-order valence-electron chi connectivity index (χ2n) is 4.10.